The zero-order valence-corrected chi connectivity index (χ0v) is 19.1. The second-order valence-corrected chi connectivity index (χ2v) is 8.28. The molecular formula is C25H33N3O4. The van der Waals surface area contributed by atoms with E-state index >= 15 is 0 Å². The maximum atomic E-state index is 13.0. The number of benzene rings is 2. The van der Waals surface area contributed by atoms with Crippen LogP contribution in [0.4, 0.5) is 0 Å². The maximum absolute atomic E-state index is 13.0. The summed E-state index contributed by atoms with van der Waals surface area (Å²) in [5.41, 5.74) is 3.30. The van der Waals surface area contributed by atoms with Crippen LogP contribution in [-0.4, -0.2) is 64.2 Å². The zero-order chi connectivity index (χ0) is 22.9. The molecule has 1 aliphatic heterocycles. The number of likely N-dealkylation sites (N-methyl/N-ethyl adjacent to an activating group) is 1. The molecule has 0 aliphatic carbocycles. The molecule has 0 saturated carbocycles. The lowest BCUT2D eigenvalue weighted by molar-refractivity contribution is -0.125. The van der Waals surface area contributed by atoms with Gasteiger partial charge in [-0.3, -0.25) is 9.59 Å². The lowest BCUT2D eigenvalue weighted by atomic mass is 9.87. The van der Waals surface area contributed by atoms with Gasteiger partial charge in [0.05, 0.1) is 13.0 Å². The number of hydrogen-bond acceptors (Lipinski definition) is 5. The summed E-state index contributed by atoms with van der Waals surface area (Å²) >= 11 is 0. The van der Waals surface area contributed by atoms with Crippen molar-refractivity contribution in [1.82, 2.24) is 15.5 Å². The third kappa shape index (κ3) is 6.55. The van der Waals surface area contributed by atoms with Gasteiger partial charge < -0.3 is 25.0 Å². The fraction of sp³-hybridized carbons (Fsp3) is 0.440. The molecule has 1 heterocycles. The highest BCUT2D eigenvalue weighted by molar-refractivity contribution is 5.80. The molecule has 3 rings (SSSR count). The van der Waals surface area contributed by atoms with Gasteiger partial charge in [0.15, 0.2) is 0 Å². The molecule has 0 spiro atoms. The Morgan fingerprint density at radius 2 is 1.81 bits per heavy atom. The minimum Gasteiger partial charge on any atom is -0.497 e. The summed E-state index contributed by atoms with van der Waals surface area (Å²) in [4.78, 5) is 26.9. The molecule has 2 aromatic carbocycles. The number of ether oxygens (including phenoxy) is 2. The van der Waals surface area contributed by atoms with Crippen LogP contribution >= 0.6 is 0 Å². The third-order valence-corrected chi connectivity index (χ3v) is 5.86. The Morgan fingerprint density at radius 1 is 1.03 bits per heavy atom. The highest BCUT2D eigenvalue weighted by Crippen LogP contribution is 2.32. The molecule has 1 aliphatic rings. The quantitative estimate of drug-likeness (QED) is 0.592. The lowest BCUT2D eigenvalue weighted by Gasteiger charge is -2.19. The predicted molar refractivity (Wildman–Crippen MR) is 124 cm³/mol. The van der Waals surface area contributed by atoms with Gasteiger partial charge in [-0.15, -0.1) is 0 Å². The van der Waals surface area contributed by atoms with E-state index in [0.29, 0.717) is 13.1 Å². The monoisotopic (exact) mass is 439 g/mol. The van der Waals surface area contributed by atoms with E-state index in [-0.39, 0.29) is 30.3 Å². The van der Waals surface area contributed by atoms with Gasteiger partial charge >= 0.3 is 0 Å². The summed E-state index contributed by atoms with van der Waals surface area (Å²) in [6.07, 6.45) is 0.777. The third-order valence-electron chi connectivity index (χ3n) is 5.86. The van der Waals surface area contributed by atoms with E-state index in [4.69, 9.17) is 9.47 Å². The Labute approximate surface area is 190 Å². The smallest absolute Gasteiger partial charge is 0.246 e. The summed E-state index contributed by atoms with van der Waals surface area (Å²) in [6.45, 7) is 2.65. The Hall–Kier alpha value is -2.90. The Kier molecular flexibility index (Phi) is 8.64. The predicted octanol–water partition coefficient (Wildman–Crippen LogP) is 1.96. The average Bonchev–Trinajstić information content (AvgIpc) is 3.20. The van der Waals surface area contributed by atoms with E-state index in [1.54, 1.807) is 7.11 Å². The Balaban J connectivity index is 1.58. The van der Waals surface area contributed by atoms with Crippen LogP contribution in [0.1, 0.15) is 22.6 Å². The maximum Gasteiger partial charge on any atom is 0.246 e. The number of nitrogens with one attached hydrogen (secondary N) is 2. The number of rotatable bonds is 10. The van der Waals surface area contributed by atoms with Crippen molar-refractivity contribution in [2.45, 2.75) is 18.9 Å². The highest BCUT2D eigenvalue weighted by atomic mass is 16.5. The van der Waals surface area contributed by atoms with Crippen LogP contribution in [0, 0.1) is 5.92 Å². The molecule has 2 N–H and O–H groups in total. The van der Waals surface area contributed by atoms with Crippen LogP contribution in [-0.2, 0) is 27.3 Å². The van der Waals surface area contributed by atoms with E-state index in [0.717, 1.165) is 42.0 Å². The SMILES string of the molecule is COCC(=O)NCc1cccc([C@H]2CN(C)C[C@H]2C(=O)NCCc2ccc(OC)cc2)c1. The average molecular weight is 440 g/mol. The van der Waals surface area contributed by atoms with Crippen LogP contribution in [0.3, 0.4) is 0 Å². The van der Waals surface area contributed by atoms with Crippen LogP contribution in [0.2, 0.25) is 0 Å². The summed E-state index contributed by atoms with van der Waals surface area (Å²) in [5.74, 6) is 0.791. The van der Waals surface area contributed by atoms with Crippen molar-refractivity contribution in [3.05, 3.63) is 65.2 Å². The van der Waals surface area contributed by atoms with E-state index < -0.39 is 0 Å². The van der Waals surface area contributed by atoms with Crippen LogP contribution in [0.25, 0.3) is 0 Å². The fourth-order valence-corrected chi connectivity index (χ4v) is 4.17. The first-order valence-electron chi connectivity index (χ1n) is 10.9. The first kappa shape index (κ1) is 23.8. The van der Waals surface area contributed by atoms with Crippen LogP contribution in [0.5, 0.6) is 5.75 Å². The van der Waals surface area contributed by atoms with Crippen LogP contribution < -0.4 is 15.4 Å². The van der Waals surface area contributed by atoms with Gasteiger partial charge in [-0.2, -0.15) is 0 Å². The number of methoxy groups -OCH3 is 2. The van der Waals surface area contributed by atoms with E-state index in [1.165, 1.54) is 7.11 Å². The molecule has 0 bridgehead atoms. The number of carbonyl (C=O) groups excluding carboxylic acids is 2. The molecule has 1 saturated heterocycles. The number of hydrogen-bond donors (Lipinski definition) is 2. The fourth-order valence-electron chi connectivity index (χ4n) is 4.17. The van der Waals surface area contributed by atoms with Gasteiger partial charge in [-0.05, 0) is 42.3 Å². The van der Waals surface area contributed by atoms with Crippen molar-refractivity contribution in [2.24, 2.45) is 5.92 Å². The minimum absolute atomic E-state index is 0.0475. The molecule has 7 nitrogen and oxygen atoms in total. The molecule has 2 atom stereocenters. The topological polar surface area (TPSA) is 79.9 Å². The number of amides is 2. The second kappa shape index (κ2) is 11.6. The van der Waals surface area contributed by atoms with Gasteiger partial charge in [0.1, 0.15) is 12.4 Å². The zero-order valence-electron chi connectivity index (χ0n) is 19.1. The minimum atomic E-state index is -0.146. The van der Waals surface area contributed by atoms with Crippen molar-refractivity contribution in [3.63, 3.8) is 0 Å². The molecule has 7 heteroatoms. The van der Waals surface area contributed by atoms with Gasteiger partial charge in [-0.25, -0.2) is 0 Å². The molecule has 2 amide bonds. The molecule has 0 unspecified atom stereocenters. The largest absolute Gasteiger partial charge is 0.497 e. The summed E-state index contributed by atoms with van der Waals surface area (Å²) in [5, 5.41) is 5.97. The standard InChI is InChI=1S/C25H33N3O4/c1-28-15-22(20-6-4-5-19(13-20)14-27-24(29)17-31-2)23(16-28)25(30)26-12-11-18-7-9-21(32-3)10-8-18/h4-10,13,22-23H,11-12,14-17H2,1-3H3,(H,26,30)(H,27,29)/t22-,23-/m1/s1. The summed E-state index contributed by atoms with van der Waals surface area (Å²) in [6, 6.07) is 16.1. The van der Waals surface area contributed by atoms with Crippen molar-refractivity contribution < 1.29 is 19.1 Å². The first-order chi connectivity index (χ1) is 15.5. The molecule has 2 aromatic rings. The summed E-state index contributed by atoms with van der Waals surface area (Å²) in [7, 11) is 5.20. The highest BCUT2D eigenvalue weighted by Gasteiger charge is 2.36. The van der Waals surface area contributed by atoms with Gasteiger partial charge in [0, 0.05) is 39.2 Å². The van der Waals surface area contributed by atoms with Crippen molar-refractivity contribution in [2.75, 3.05) is 47.5 Å². The normalized spacial score (nSPS) is 18.3. The van der Waals surface area contributed by atoms with Crippen LogP contribution in [0.15, 0.2) is 48.5 Å². The molecule has 32 heavy (non-hydrogen) atoms. The van der Waals surface area contributed by atoms with Gasteiger partial charge in [0.2, 0.25) is 11.8 Å². The molecule has 1 fully saturated rings. The first-order valence-corrected chi connectivity index (χ1v) is 10.9. The Bertz CT molecular complexity index is 900. The number of likely N-dealkylation sites (tertiary alicyclic amines) is 1. The number of nitrogens with zero attached hydrogens (tertiary/aromatic N) is 1. The molecule has 172 valence electrons. The molecule has 0 aromatic heterocycles. The molecule has 0 radical (unpaired) electrons. The van der Waals surface area contributed by atoms with Crippen molar-refractivity contribution in [3.8, 4) is 5.75 Å². The van der Waals surface area contributed by atoms with Gasteiger partial charge in [-0.1, -0.05) is 36.4 Å². The summed E-state index contributed by atoms with van der Waals surface area (Å²) < 4.78 is 10.0. The van der Waals surface area contributed by atoms with Crippen molar-refractivity contribution >= 4 is 11.8 Å². The number of carbonyl (C=O) groups is 2. The van der Waals surface area contributed by atoms with E-state index in [9.17, 15) is 9.59 Å². The van der Waals surface area contributed by atoms with E-state index in [1.807, 2.05) is 43.4 Å². The second-order valence-electron chi connectivity index (χ2n) is 8.28. The van der Waals surface area contributed by atoms with Crippen molar-refractivity contribution in [1.29, 1.82) is 0 Å². The molecular weight excluding hydrogens is 406 g/mol. The lowest BCUT2D eigenvalue weighted by Crippen LogP contribution is -2.35. The Morgan fingerprint density at radius 3 is 2.53 bits per heavy atom. The van der Waals surface area contributed by atoms with Gasteiger partial charge in [0.25, 0.3) is 0 Å². The van der Waals surface area contributed by atoms with E-state index in [2.05, 4.69) is 27.7 Å².